The molecule has 2 rings (SSSR count). The van der Waals surface area contributed by atoms with Gasteiger partial charge in [-0.25, -0.2) is 4.98 Å². The lowest BCUT2D eigenvalue weighted by molar-refractivity contribution is -0.141. The Bertz CT molecular complexity index is 554. The van der Waals surface area contributed by atoms with Crippen molar-refractivity contribution in [1.29, 1.82) is 0 Å². The first-order valence-corrected chi connectivity index (χ1v) is 6.96. The number of nitrogens with zero attached hydrogens (tertiary/aromatic N) is 2. The third kappa shape index (κ3) is 4.31. The van der Waals surface area contributed by atoms with Crippen LogP contribution >= 0.6 is 11.6 Å². The first kappa shape index (κ1) is 17.0. The zero-order valence-corrected chi connectivity index (χ0v) is 12.5. The molecule has 2 heterocycles. The maximum Gasteiger partial charge on any atom is 0.433 e. The summed E-state index contributed by atoms with van der Waals surface area (Å²) in [6.45, 7) is 1.40. The summed E-state index contributed by atoms with van der Waals surface area (Å²) in [6.07, 6.45) is -5.17. The number of ether oxygens (including phenoxy) is 1. The Labute approximate surface area is 130 Å². The molecule has 0 spiro atoms. The van der Waals surface area contributed by atoms with Crippen LogP contribution in [0.1, 0.15) is 11.3 Å². The molecule has 1 fully saturated rings. The molecule has 0 aliphatic carbocycles. The summed E-state index contributed by atoms with van der Waals surface area (Å²) in [7, 11) is 1.50. The van der Waals surface area contributed by atoms with Gasteiger partial charge >= 0.3 is 6.18 Å². The molecule has 1 atom stereocenters. The normalized spacial score (nSPS) is 20.0. The lowest BCUT2D eigenvalue weighted by Gasteiger charge is -2.32. The zero-order valence-electron chi connectivity index (χ0n) is 11.8. The van der Waals surface area contributed by atoms with Crippen LogP contribution in [-0.2, 0) is 22.3 Å². The standard InChI is InChI=1S/C13H15ClF3N3O2/c1-18-12(21)9-7-20(2-3-22-9)6-8-4-10(13(15,16)17)19-11(14)5-8/h4-5,9H,2-3,6-7H2,1H3,(H,18,21). The molecule has 1 aromatic heterocycles. The molecule has 1 unspecified atom stereocenters. The smallest absolute Gasteiger partial charge is 0.366 e. The third-order valence-corrected chi connectivity index (χ3v) is 3.43. The number of hydrogen-bond acceptors (Lipinski definition) is 4. The van der Waals surface area contributed by atoms with Gasteiger partial charge in [-0.1, -0.05) is 11.6 Å². The summed E-state index contributed by atoms with van der Waals surface area (Å²) in [5, 5.41) is 2.28. The Morgan fingerprint density at radius 3 is 2.91 bits per heavy atom. The van der Waals surface area contributed by atoms with Gasteiger partial charge in [-0.05, 0) is 17.7 Å². The van der Waals surface area contributed by atoms with Gasteiger partial charge in [0.2, 0.25) is 5.91 Å². The van der Waals surface area contributed by atoms with Crippen LogP contribution in [0.2, 0.25) is 5.15 Å². The first-order chi connectivity index (χ1) is 10.3. The number of pyridine rings is 1. The number of morpholine rings is 1. The number of nitrogens with one attached hydrogen (secondary N) is 1. The summed E-state index contributed by atoms with van der Waals surface area (Å²) in [5.41, 5.74) is -0.629. The zero-order chi connectivity index (χ0) is 16.3. The molecule has 1 amide bonds. The lowest BCUT2D eigenvalue weighted by atomic mass is 10.2. The Balaban J connectivity index is 2.10. The predicted octanol–water partition coefficient (Wildman–Crippen LogP) is 1.70. The van der Waals surface area contributed by atoms with E-state index in [1.807, 2.05) is 4.90 Å². The summed E-state index contributed by atoms with van der Waals surface area (Å²) in [5.74, 6) is -0.256. The Morgan fingerprint density at radius 1 is 1.55 bits per heavy atom. The fourth-order valence-electron chi connectivity index (χ4n) is 2.21. The Kier molecular flexibility index (Phi) is 5.25. The highest BCUT2D eigenvalue weighted by atomic mass is 35.5. The second kappa shape index (κ2) is 6.80. The van der Waals surface area contributed by atoms with E-state index in [1.54, 1.807) is 0 Å². The van der Waals surface area contributed by atoms with Crippen LogP contribution in [0, 0.1) is 0 Å². The summed E-state index contributed by atoms with van der Waals surface area (Å²) in [4.78, 5) is 16.7. The molecular formula is C13H15ClF3N3O2. The van der Waals surface area contributed by atoms with Crippen molar-refractivity contribution in [3.63, 3.8) is 0 Å². The van der Waals surface area contributed by atoms with Crippen molar-refractivity contribution in [2.45, 2.75) is 18.8 Å². The molecule has 0 bridgehead atoms. The van der Waals surface area contributed by atoms with Gasteiger partial charge in [0.15, 0.2) is 0 Å². The Hall–Kier alpha value is -1.38. The number of alkyl halides is 3. The predicted molar refractivity (Wildman–Crippen MR) is 73.3 cm³/mol. The molecule has 9 heteroatoms. The molecular weight excluding hydrogens is 323 g/mol. The van der Waals surface area contributed by atoms with Gasteiger partial charge in [-0.3, -0.25) is 9.69 Å². The number of carbonyl (C=O) groups excluding carboxylic acids is 1. The van der Waals surface area contributed by atoms with Gasteiger partial charge in [-0.2, -0.15) is 13.2 Å². The van der Waals surface area contributed by atoms with Crippen LogP contribution < -0.4 is 5.32 Å². The van der Waals surface area contributed by atoms with Crippen LogP contribution in [0.4, 0.5) is 13.2 Å². The second-order valence-electron chi connectivity index (χ2n) is 4.89. The first-order valence-electron chi connectivity index (χ1n) is 6.59. The van der Waals surface area contributed by atoms with E-state index in [0.29, 0.717) is 25.3 Å². The molecule has 0 aromatic carbocycles. The minimum Gasteiger partial charge on any atom is -0.366 e. The van der Waals surface area contributed by atoms with Gasteiger partial charge in [-0.15, -0.1) is 0 Å². The number of likely N-dealkylation sites (N-methyl/N-ethyl adjacent to an activating group) is 1. The van der Waals surface area contributed by atoms with Crippen LogP contribution in [-0.4, -0.2) is 48.6 Å². The van der Waals surface area contributed by atoms with Crippen LogP contribution in [0.3, 0.4) is 0 Å². The maximum absolute atomic E-state index is 12.7. The van der Waals surface area contributed by atoms with E-state index in [2.05, 4.69) is 10.3 Å². The highest BCUT2D eigenvalue weighted by Crippen LogP contribution is 2.29. The van der Waals surface area contributed by atoms with Crippen LogP contribution in [0.15, 0.2) is 12.1 Å². The van der Waals surface area contributed by atoms with Gasteiger partial charge < -0.3 is 10.1 Å². The molecule has 0 saturated carbocycles. The number of carbonyl (C=O) groups is 1. The van der Waals surface area contributed by atoms with Crippen molar-refractivity contribution >= 4 is 17.5 Å². The number of hydrogen-bond donors (Lipinski definition) is 1. The summed E-state index contributed by atoms with van der Waals surface area (Å²) < 4.78 is 43.5. The largest absolute Gasteiger partial charge is 0.433 e. The second-order valence-corrected chi connectivity index (χ2v) is 5.28. The molecule has 1 N–H and O–H groups in total. The summed E-state index contributed by atoms with van der Waals surface area (Å²) >= 11 is 5.66. The van der Waals surface area contributed by atoms with Crippen molar-refractivity contribution < 1.29 is 22.7 Å². The molecule has 1 aromatic rings. The van der Waals surface area contributed by atoms with E-state index in [4.69, 9.17) is 16.3 Å². The highest BCUT2D eigenvalue weighted by Gasteiger charge is 2.33. The third-order valence-electron chi connectivity index (χ3n) is 3.24. The lowest BCUT2D eigenvalue weighted by Crippen LogP contribution is -2.48. The number of rotatable bonds is 3. The molecule has 1 aliphatic heterocycles. The fraction of sp³-hybridized carbons (Fsp3) is 0.538. The number of halogens is 4. The number of amides is 1. The maximum atomic E-state index is 12.7. The monoisotopic (exact) mass is 337 g/mol. The minimum absolute atomic E-state index is 0.207. The van der Waals surface area contributed by atoms with Crippen molar-refractivity contribution in [1.82, 2.24) is 15.2 Å². The average molecular weight is 338 g/mol. The van der Waals surface area contributed by atoms with Gasteiger partial charge in [0.05, 0.1) is 6.61 Å². The fourth-order valence-corrected chi connectivity index (χ4v) is 2.44. The molecule has 5 nitrogen and oxygen atoms in total. The summed E-state index contributed by atoms with van der Waals surface area (Å²) in [6, 6.07) is 2.36. The van der Waals surface area contributed by atoms with E-state index in [-0.39, 0.29) is 17.6 Å². The number of aromatic nitrogens is 1. The van der Waals surface area contributed by atoms with E-state index in [9.17, 15) is 18.0 Å². The molecule has 22 heavy (non-hydrogen) atoms. The van der Waals surface area contributed by atoms with E-state index < -0.39 is 18.0 Å². The quantitative estimate of drug-likeness (QED) is 0.853. The Morgan fingerprint density at radius 2 is 2.27 bits per heavy atom. The van der Waals surface area contributed by atoms with Crippen molar-refractivity contribution in [3.05, 3.63) is 28.5 Å². The van der Waals surface area contributed by atoms with Gasteiger partial charge in [0.25, 0.3) is 0 Å². The SMILES string of the molecule is CNC(=O)C1CN(Cc2cc(Cl)nc(C(F)(F)F)c2)CCO1. The van der Waals surface area contributed by atoms with Crippen molar-refractivity contribution in [2.24, 2.45) is 0 Å². The molecule has 1 saturated heterocycles. The van der Waals surface area contributed by atoms with Gasteiger partial charge in [0.1, 0.15) is 17.0 Å². The molecule has 1 aliphatic rings. The topological polar surface area (TPSA) is 54.5 Å². The van der Waals surface area contributed by atoms with Crippen LogP contribution in [0.25, 0.3) is 0 Å². The average Bonchev–Trinajstić information content (AvgIpc) is 2.45. The molecule has 0 radical (unpaired) electrons. The van der Waals surface area contributed by atoms with Crippen LogP contribution in [0.5, 0.6) is 0 Å². The molecule has 122 valence electrons. The van der Waals surface area contributed by atoms with Gasteiger partial charge in [0, 0.05) is 26.7 Å². The van der Waals surface area contributed by atoms with E-state index >= 15 is 0 Å². The van der Waals surface area contributed by atoms with E-state index in [1.165, 1.54) is 13.1 Å². The van der Waals surface area contributed by atoms with Crippen molar-refractivity contribution in [2.75, 3.05) is 26.7 Å². The van der Waals surface area contributed by atoms with E-state index in [0.717, 1.165) is 6.07 Å². The minimum atomic E-state index is -4.55. The van der Waals surface area contributed by atoms with Crippen molar-refractivity contribution in [3.8, 4) is 0 Å². The highest BCUT2D eigenvalue weighted by molar-refractivity contribution is 6.29.